The number of amides is 2. The van der Waals surface area contributed by atoms with Crippen molar-refractivity contribution in [3.63, 3.8) is 0 Å². The number of halogens is 1. The Morgan fingerprint density at radius 1 is 1.29 bits per heavy atom. The molecule has 10 nitrogen and oxygen atoms in total. The van der Waals surface area contributed by atoms with Gasteiger partial charge in [0.1, 0.15) is 0 Å². The summed E-state index contributed by atoms with van der Waals surface area (Å²) >= 11 is 6.12. The Morgan fingerprint density at radius 2 is 2.11 bits per heavy atom. The Bertz CT molecular complexity index is 1480. The second-order valence-corrected chi connectivity index (χ2v) is 10.7. The smallest absolute Gasteiger partial charge is 0.273 e. The van der Waals surface area contributed by atoms with Crippen LogP contribution in [-0.4, -0.2) is 51.5 Å². The number of piperidine rings is 1. The molecule has 2 saturated carbocycles. The molecule has 2 amide bonds. The predicted molar refractivity (Wildman–Crippen MR) is 138 cm³/mol. The number of ether oxygens (including phenoxy) is 1. The van der Waals surface area contributed by atoms with Crippen LogP contribution in [0.15, 0.2) is 36.7 Å². The number of rotatable bonds is 7. The van der Waals surface area contributed by atoms with Crippen molar-refractivity contribution >= 4 is 29.2 Å². The van der Waals surface area contributed by atoms with E-state index in [0.29, 0.717) is 34.6 Å². The number of nitrogens with zero attached hydrogens (tertiary/aromatic N) is 6. The molecule has 38 heavy (non-hydrogen) atoms. The van der Waals surface area contributed by atoms with Crippen LogP contribution in [0.1, 0.15) is 65.3 Å². The maximum absolute atomic E-state index is 12.8. The zero-order valence-electron chi connectivity index (χ0n) is 21.0. The first-order valence-electron chi connectivity index (χ1n) is 12.6. The third kappa shape index (κ3) is 4.27. The van der Waals surface area contributed by atoms with E-state index in [1.807, 2.05) is 19.1 Å². The molecule has 2 aromatic heterocycles. The molecule has 0 spiro atoms. The van der Waals surface area contributed by atoms with Crippen LogP contribution in [0.2, 0.25) is 5.02 Å². The standard InChI is InChI=1S/C27H26ClN7O3/c1-14(17-8-24(38-2)25(30-11-17)34-12-18-7-22(18)27(34)37)35-13-23(32-33-35)26(36)31-20-5-16(6-20)21-9-19(28)4-3-15(21)10-29/h3-4,8-9,11,13-14,16,18,20,22H,5-7,12H2,1-2H3,(H,31,36)/t14?,16-,18-,20+,22-/m1/s1. The van der Waals surface area contributed by atoms with Gasteiger partial charge in [0, 0.05) is 29.7 Å². The molecule has 1 saturated heterocycles. The van der Waals surface area contributed by atoms with Crippen LogP contribution < -0.4 is 15.0 Å². The number of aromatic nitrogens is 4. The summed E-state index contributed by atoms with van der Waals surface area (Å²) in [4.78, 5) is 31.6. The second kappa shape index (κ2) is 9.40. The Balaban J connectivity index is 1.09. The summed E-state index contributed by atoms with van der Waals surface area (Å²) in [5.41, 5.74) is 2.57. The fourth-order valence-corrected chi connectivity index (χ4v) is 5.63. The third-order valence-electron chi connectivity index (χ3n) is 7.92. The van der Waals surface area contributed by atoms with Gasteiger partial charge in [0.2, 0.25) is 5.91 Å². The molecule has 0 bridgehead atoms. The largest absolute Gasteiger partial charge is 0.493 e. The fraction of sp³-hybridized carbons (Fsp3) is 0.407. The first kappa shape index (κ1) is 24.4. The van der Waals surface area contributed by atoms with E-state index in [1.165, 1.54) is 0 Å². The summed E-state index contributed by atoms with van der Waals surface area (Å²) < 4.78 is 7.17. The molecule has 3 heterocycles. The Morgan fingerprint density at radius 3 is 2.82 bits per heavy atom. The number of nitriles is 1. The highest BCUT2D eigenvalue weighted by molar-refractivity contribution is 6.30. The van der Waals surface area contributed by atoms with E-state index in [2.05, 4.69) is 26.7 Å². The van der Waals surface area contributed by atoms with Gasteiger partial charge < -0.3 is 10.1 Å². The zero-order valence-corrected chi connectivity index (χ0v) is 21.7. The molecule has 3 aliphatic rings. The van der Waals surface area contributed by atoms with Crippen LogP contribution >= 0.6 is 11.6 Å². The number of pyridine rings is 1. The normalized spacial score (nSPS) is 24.3. The summed E-state index contributed by atoms with van der Waals surface area (Å²) in [5, 5.41) is 21.2. The molecule has 11 heteroatoms. The van der Waals surface area contributed by atoms with Crippen molar-refractivity contribution in [2.75, 3.05) is 18.6 Å². The van der Waals surface area contributed by atoms with Crippen LogP contribution in [0.4, 0.5) is 5.82 Å². The van der Waals surface area contributed by atoms with Crippen molar-refractivity contribution in [3.8, 4) is 11.8 Å². The summed E-state index contributed by atoms with van der Waals surface area (Å²) in [6.07, 6.45) is 5.74. The minimum absolute atomic E-state index is 0.0130. The molecule has 1 aromatic carbocycles. The molecular formula is C27H26ClN7O3. The number of carbonyl (C=O) groups excluding carboxylic acids is 2. The number of hydrogen-bond donors (Lipinski definition) is 1. The molecule has 3 fully saturated rings. The van der Waals surface area contributed by atoms with Crippen molar-refractivity contribution in [1.29, 1.82) is 5.26 Å². The van der Waals surface area contributed by atoms with Gasteiger partial charge in [-0.25, -0.2) is 9.67 Å². The zero-order chi connectivity index (χ0) is 26.6. The molecule has 3 atom stereocenters. The van der Waals surface area contributed by atoms with Crippen LogP contribution in [-0.2, 0) is 4.79 Å². The molecule has 1 aliphatic heterocycles. The Kier molecular flexibility index (Phi) is 6.03. The van der Waals surface area contributed by atoms with Crippen molar-refractivity contribution < 1.29 is 14.3 Å². The van der Waals surface area contributed by atoms with Gasteiger partial charge in [-0.15, -0.1) is 5.10 Å². The molecule has 6 rings (SSSR count). The van der Waals surface area contributed by atoms with E-state index < -0.39 is 0 Å². The number of hydrogen-bond acceptors (Lipinski definition) is 7. The lowest BCUT2D eigenvalue weighted by Crippen LogP contribution is -2.43. The van der Waals surface area contributed by atoms with Crippen molar-refractivity contribution in [1.82, 2.24) is 25.3 Å². The van der Waals surface area contributed by atoms with Crippen molar-refractivity contribution in [3.05, 3.63) is 64.1 Å². The van der Waals surface area contributed by atoms with E-state index >= 15 is 0 Å². The molecule has 1 N–H and O–H groups in total. The summed E-state index contributed by atoms with van der Waals surface area (Å²) in [5.74, 6) is 1.64. The number of methoxy groups -OCH3 is 1. The molecule has 194 valence electrons. The van der Waals surface area contributed by atoms with E-state index in [0.717, 1.165) is 30.4 Å². The van der Waals surface area contributed by atoms with Gasteiger partial charge in [-0.1, -0.05) is 16.8 Å². The molecule has 2 aliphatic carbocycles. The van der Waals surface area contributed by atoms with E-state index in [-0.39, 0.29) is 41.4 Å². The first-order chi connectivity index (χ1) is 18.4. The van der Waals surface area contributed by atoms with E-state index in [4.69, 9.17) is 16.3 Å². The molecular weight excluding hydrogens is 506 g/mol. The van der Waals surface area contributed by atoms with E-state index in [9.17, 15) is 14.9 Å². The minimum atomic E-state index is -0.296. The monoisotopic (exact) mass is 531 g/mol. The number of nitrogens with one attached hydrogen (secondary N) is 1. The minimum Gasteiger partial charge on any atom is -0.493 e. The lowest BCUT2D eigenvalue weighted by atomic mass is 9.74. The first-order valence-corrected chi connectivity index (χ1v) is 13.0. The highest BCUT2D eigenvalue weighted by Crippen LogP contribution is 2.48. The number of benzene rings is 1. The fourth-order valence-electron chi connectivity index (χ4n) is 5.45. The number of carbonyl (C=O) groups is 2. The van der Waals surface area contributed by atoms with E-state index in [1.54, 1.807) is 41.2 Å². The van der Waals surface area contributed by atoms with Crippen molar-refractivity contribution in [2.45, 2.75) is 44.2 Å². The molecule has 1 unspecified atom stereocenters. The SMILES string of the molecule is COc1cc(C(C)n2cc(C(=O)N[C@H]3C[C@@H](c4cc(Cl)ccc4C#N)C3)nn2)cnc1N1C[C@H]2C[C@H]2C1=O. The summed E-state index contributed by atoms with van der Waals surface area (Å²) in [7, 11) is 1.56. The predicted octanol–water partition coefficient (Wildman–Crippen LogP) is 3.47. The van der Waals surface area contributed by atoms with Gasteiger partial charge in [-0.3, -0.25) is 14.5 Å². The third-order valence-corrected chi connectivity index (χ3v) is 8.16. The lowest BCUT2D eigenvalue weighted by molar-refractivity contribution is -0.118. The maximum atomic E-state index is 12.8. The highest BCUT2D eigenvalue weighted by Gasteiger charge is 2.53. The topological polar surface area (TPSA) is 126 Å². The Labute approximate surface area is 224 Å². The lowest BCUT2D eigenvalue weighted by Gasteiger charge is -2.36. The summed E-state index contributed by atoms with van der Waals surface area (Å²) in [6, 6.07) is 9.07. The highest BCUT2D eigenvalue weighted by atomic mass is 35.5. The van der Waals surface area contributed by atoms with Gasteiger partial charge in [0.15, 0.2) is 17.3 Å². The van der Waals surface area contributed by atoms with Crippen LogP contribution in [0, 0.1) is 23.2 Å². The molecule has 0 radical (unpaired) electrons. The van der Waals surface area contributed by atoms with Gasteiger partial charge in [-0.2, -0.15) is 5.26 Å². The van der Waals surface area contributed by atoms with Gasteiger partial charge in [-0.05, 0) is 73.4 Å². The number of fused-ring (bicyclic) bond motifs is 1. The second-order valence-electron chi connectivity index (χ2n) is 10.3. The average molecular weight is 532 g/mol. The van der Waals surface area contributed by atoms with Crippen LogP contribution in [0.5, 0.6) is 5.75 Å². The van der Waals surface area contributed by atoms with Crippen molar-refractivity contribution in [2.24, 2.45) is 11.8 Å². The number of anilines is 1. The van der Waals surface area contributed by atoms with Crippen LogP contribution in [0.3, 0.4) is 0 Å². The average Bonchev–Trinajstić information content (AvgIpc) is 3.36. The van der Waals surface area contributed by atoms with Gasteiger partial charge in [0.25, 0.3) is 5.91 Å². The Hall–Kier alpha value is -3.97. The quantitative estimate of drug-likeness (QED) is 0.494. The van der Waals surface area contributed by atoms with Crippen LogP contribution in [0.25, 0.3) is 0 Å². The maximum Gasteiger partial charge on any atom is 0.273 e. The van der Waals surface area contributed by atoms with Gasteiger partial charge >= 0.3 is 0 Å². The van der Waals surface area contributed by atoms with Gasteiger partial charge in [0.05, 0.1) is 31.0 Å². The summed E-state index contributed by atoms with van der Waals surface area (Å²) in [6.45, 7) is 2.61. The molecule has 3 aromatic rings.